The van der Waals surface area contributed by atoms with E-state index < -0.39 is 5.97 Å². The van der Waals surface area contributed by atoms with Crippen molar-refractivity contribution in [3.63, 3.8) is 0 Å². The van der Waals surface area contributed by atoms with Gasteiger partial charge in [0.25, 0.3) is 0 Å². The Balaban J connectivity index is 2.42. The summed E-state index contributed by atoms with van der Waals surface area (Å²) in [4.78, 5) is 15.0. The number of hydrogen-bond donors (Lipinski definition) is 1. The van der Waals surface area contributed by atoms with Crippen molar-refractivity contribution in [2.45, 2.75) is 20.3 Å². The van der Waals surface area contributed by atoms with E-state index in [9.17, 15) is 4.79 Å². The number of rotatable bonds is 5. The van der Waals surface area contributed by atoms with Crippen LogP contribution in [0.15, 0.2) is 17.5 Å². The highest BCUT2D eigenvalue weighted by molar-refractivity contribution is 7.10. The number of carbonyl (C=O) groups is 1. The number of aliphatic carboxylic acids is 1. The quantitative estimate of drug-likeness (QED) is 0.912. The molecule has 106 valence electrons. The van der Waals surface area contributed by atoms with E-state index in [1.54, 1.807) is 0 Å². The van der Waals surface area contributed by atoms with Crippen LogP contribution < -0.4 is 4.74 Å². The summed E-state index contributed by atoms with van der Waals surface area (Å²) in [6.45, 7) is 4.36. The molecule has 0 unspecified atom stereocenters. The van der Waals surface area contributed by atoms with Gasteiger partial charge in [-0.3, -0.25) is 4.79 Å². The van der Waals surface area contributed by atoms with Crippen LogP contribution in [-0.4, -0.2) is 22.7 Å². The molecule has 0 amide bonds. The standard InChI is InChI=1S/C14H14ClNO3S/c1-3-19-12-4-8(2)10(15)5-9(12)11-7-20-13(16-11)6-14(17)18/h4-5,7H,3,6H2,1-2H3,(H,17,18). The van der Waals surface area contributed by atoms with E-state index in [0.29, 0.717) is 28.1 Å². The number of aryl methyl sites for hydroxylation is 1. The number of carboxylic acids is 1. The van der Waals surface area contributed by atoms with E-state index in [-0.39, 0.29) is 6.42 Å². The molecule has 4 nitrogen and oxygen atoms in total. The van der Waals surface area contributed by atoms with Gasteiger partial charge in [-0.15, -0.1) is 11.3 Å². The summed E-state index contributed by atoms with van der Waals surface area (Å²) in [7, 11) is 0. The Labute approximate surface area is 126 Å². The molecule has 0 atom stereocenters. The predicted octanol–water partition coefficient (Wildman–Crippen LogP) is 3.80. The van der Waals surface area contributed by atoms with Crippen LogP contribution in [0.4, 0.5) is 0 Å². The third-order valence-electron chi connectivity index (χ3n) is 2.69. The second-order valence-electron chi connectivity index (χ2n) is 4.23. The first-order valence-corrected chi connectivity index (χ1v) is 7.36. The maximum atomic E-state index is 10.7. The van der Waals surface area contributed by atoms with Gasteiger partial charge in [0.15, 0.2) is 0 Å². The van der Waals surface area contributed by atoms with E-state index in [4.69, 9.17) is 21.4 Å². The van der Waals surface area contributed by atoms with Crippen LogP contribution in [0.2, 0.25) is 5.02 Å². The molecule has 20 heavy (non-hydrogen) atoms. The smallest absolute Gasteiger partial charge is 0.310 e. The van der Waals surface area contributed by atoms with Crippen molar-refractivity contribution in [1.82, 2.24) is 4.98 Å². The van der Waals surface area contributed by atoms with Gasteiger partial charge in [0.2, 0.25) is 0 Å². The first-order valence-electron chi connectivity index (χ1n) is 6.10. The van der Waals surface area contributed by atoms with Gasteiger partial charge >= 0.3 is 5.97 Å². The summed E-state index contributed by atoms with van der Waals surface area (Å²) >= 11 is 7.47. The number of benzene rings is 1. The highest BCUT2D eigenvalue weighted by Gasteiger charge is 2.14. The summed E-state index contributed by atoms with van der Waals surface area (Å²) < 4.78 is 5.61. The molecule has 0 aliphatic rings. The zero-order valence-corrected chi connectivity index (χ0v) is 12.7. The second-order valence-corrected chi connectivity index (χ2v) is 5.58. The van der Waals surface area contributed by atoms with E-state index in [2.05, 4.69) is 4.98 Å². The average molecular weight is 312 g/mol. The van der Waals surface area contributed by atoms with Gasteiger partial charge in [-0.1, -0.05) is 11.6 Å². The van der Waals surface area contributed by atoms with Crippen molar-refractivity contribution in [1.29, 1.82) is 0 Å². The minimum atomic E-state index is -0.891. The van der Waals surface area contributed by atoms with Crippen LogP contribution in [0.25, 0.3) is 11.3 Å². The molecular formula is C14H14ClNO3S. The molecule has 0 saturated carbocycles. The molecule has 1 aromatic heterocycles. The van der Waals surface area contributed by atoms with Crippen molar-refractivity contribution >= 4 is 28.9 Å². The minimum absolute atomic E-state index is 0.0752. The van der Waals surface area contributed by atoms with Crippen molar-refractivity contribution in [3.05, 3.63) is 33.1 Å². The fraction of sp³-hybridized carbons (Fsp3) is 0.286. The van der Waals surface area contributed by atoms with E-state index in [1.165, 1.54) is 11.3 Å². The third kappa shape index (κ3) is 3.29. The van der Waals surface area contributed by atoms with Crippen LogP contribution in [0.5, 0.6) is 5.75 Å². The predicted molar refractivity (Wildman–Crippen MR) is 79.8 cm³/mol. The van der Waals surface area contributed by atoms with Crippen LogP contribution >= 0.6 is 22.9 Å². The molecule has 6 heteroatoms. The van der Waals surface area contributed by atoms with E-state index in [1.807, 2.05) is 31.4 Å². The molecule has 0 bridgehead atoms. The van der Waals surface area contributed by atoms with E-state index >= 15 is 0 Å². The molecule has 1 heterocycles. The number of halogens is 1. The van der Waals surface area contributed by atoms with Gasteiger partial charge in [0, 0.05) is 16.0 Å². The zero-order chi connectivity index (χ0) is 14.7. The van der Waals surface area contributed by atoms with Gasteiger partial charge < -0.3 is 9.84 Å². The van der Waals surface area contributed by atoms with E-state index in [0.717, 1.165) is 11.1 Å². The molecule has 1 aromatic carbocycles. The normalized spacial score (nSPS) is 10.6. The fourth-order valence-corrected chi connectivity index (χ4v) is 2.72. The van der Waals surface area contributed by atoms with Gasteiger partial charge in [0.1, 0.15) is 10.8 Å². The lowest BCUT2D eigenvalue weighted by Gasteiger charge is -2.10. The molecule has 2 aromatic rings. The Morgan fingerprint density at radius 1 is 1.50 bits per heavy atom. The first kappa shape index (κ1) is 14.8. The Morgan fingerprint density at radius 3 is 2.90 bits per heavy atom. The third-order valence-corrected chi connectivity index (χ3v) is 3.95. The number of hydrogen-bond acceptors (Lipinski definition) is 4. The Kier molecular flexibility index (Phi) is 4.62. The minimum Gasteiger partial charge on any atom is -0.493 e. The summed E-state index contributed by atoms with van der Waals surface area (Å²) in [5.74, 6) is -0.181. The number of nitrogens with zero attached hydrogens (tertiary/aromatic N) is 1. The Hall–Kier alpha value is -1.59. The lowest BCUT2D eigenvalue weighted by Crippen LogP contribution is -1.99. The summed E-state index contributed by atoms with van der Waals surface area (Å²) in [5, 5.41) is 11.8. The van der Waals surface area contributed by atoms with Crippen molar-refractivity contribution in [3.8, 4) is 17.0 Å². The molecule has 1 N–H and O–H groups in total. The number of carboxylic acid groups (broad SMARTS) is 1. The molecule has 2 rings (SSSR count). The van der Waals surface area contributed by atoms with Gasteiger partial charge in [-0.05, 0) is 31.5 Å². The Morgan fingerprint density at radius 2 is 2.25 bits per heavy atom. The highest BCUT2D eigenvalue weighted by atomic mass is 35.5. The summed E-state index contributed by atoms with van der Waals surface area (Å²) in [6.07, 6.45) is -0.0752. The van der Waals surface area contributed by atoms with Gasteiger partial charge in [-0.25, -0.2) is 4.98 Å². The number of thiazole rings is 1. The maximum absolute atomic E-state index is 10.7. The van der Waals surface area contributed by atoms with Crippen LogP contribution in [0.3, 0.4) is 0 Å². The maximum Gasteiger partial charge on any atom is 0.310 e. The molecule has 0 saturated heterocycles. The summed E-state index contributed by atoms with van der Waals surface area (Å²) in [5.41, 5.74) is 2.41. The topological polar surface area (TPSA) is 59.4 Å². The van der Waals surface area contributed by atoms with Crippen LogP contribution in [0, 0.1) is 6.92 Å². The van der Waals surface area contributed by atoms with Gasteiger partial charge in [-0.2, -0.15) is 0 Å². The van der Waals surface area contributed by atoms with Crippen LogP contribution in [0.1, 0.15) is 17.5 Å². The number of aromatic nitrogens is 1. The zero-order valence-electron chi connectivity index (χ0n) is 11.1. The van der Waals surface area contributed by atoms with Crippen molar-refractivity contribution in [2.24, 2.45) is 0 Å². The van der Waals surface area contributed by atoms with Crippen molar-refractivity contribution in [2.75, 3.05) is 6.61 Å². The fourth-order valence-electron chi connectivity index (χ4n) is 1.78. The van der Waals surface area contributed by atoms with Crippen molar-refractivity contribution < 1.29 is 14.6 Å². The molecule has 0 fully saturated rings. The first-order chi connectivity index (χ1) is 9.51. The largest absolute Gasteiger partial charge is 0.493 e. The monoisotopic (exact) mass is 311 g/mol. The average Bonchev–Trinajstić information content (AvgIpc) is 2.81. The number of ether oxygens (including phenoxy) is 1. The van der Waals surface area contributed by atoms with Gasteiger partial charge in [0.05, 0.1) is 18.7 Å². The lowest BCUT2D eigenvalue weighted by atomic mass is 10.1. The van der Waals surface area contributed by atoms with Crippen LogP contribution in [-0.2, 0) is 11.2 Å². The second kappa shape index (κ2) is 6.24. The molecule has 0 aliphatic heterocycles. The highest BCUT2D eigenvalue weighted by Crippen LogP contribution is 2.35. The Bertz CT molecular complexity index is 639. The molecule has 0 radical (unpaired) electrons. The lowest BCUT2D eigenvalue weighted by molar-refractivity contribution is -0.136. The molecular weight excluding hydrogens is 298 g/mol. The summed E-state index contributed by atoms with van der Waals surface area (Å²) in [6, 6.07) is 3.68. The SMILES string of the molecule is CCOc1cc(C)c(Cl)cc1-c1csc(CC(=O)O)n1. The molecule has 0 aliphatic carbocycles. The molecule has 0 spiro atoms.